The maximum atomic E-state index is 12.3. The van der Waals surface area contributed by atoms with E-state index in [1.54, 1.807) is 0 Å². The van der Waals surface area contributed by atoms with Crippen LogP contribution >= 0.6 is 0 Å². The normalized spacial score (nSPS) is 22.5. The molecule has 0 saturated carbocycles. The number of piperidine rings is 1. The van der Waals surface area contributed by atoms with Crippen LogP contribution in [-0.4, -0.2) is 34.5 Å². The summed E-state index contributed by atoms with van der Waals surface area (Å²) in [5, 5.41) is 0. The second kappa shape index (κ2) is 4.92. The standard InChI is InChI=1S/C13H21N3O/c1-10(14)11-5-3-8-16(9-11)13(17)12-6-4-7-15(12)2/h4,6-7,10-11H,3,5,8-9,14H2,1-2H3/t10-,11+/m1/s1. The number of hydrogen-bond donors (Lipinski definition) is 1. The van der Waals surface area contributed by atoms with Gasteiger partial charge in [-0.25, -0.2) is 0 Å². The Kier molecular flexibility index (Phi) is 3.52. The van der Waals surface area contributed by atoms with Gasteiger partial charge in [-0.1, -0.05) is 0 Å². The minimum atomic E-state index is 0.128. The Morgan fingerprint density at radius 2 is 2.35 bits per heavy atom. The van der Waals surface area contributed by atoms with Crippen molar-refractivity contribution < 1.29 is 4.79 Å². The summed E-state index contributed by atoms with van der Waals surface area (Å²) in [6.45, 7) is 3.68. The zero-order valence-corrected chi connectivity index (χ0v) is 10.6. The number of carbonyl (C=O) groups excluding carboxylic acids is 1. The highest BCUT2D eigenvalue weighted by molar-refractivity contribution is 5.92. The van der Waals surface area contributed by atoms with Gasteiger partial charge < -0.3 is 15.2 Å². The van der Waals surface area contributed by atoms with Crippen molar-refractivity contribution in [2.24, 2.45) is 18.7 Å². The van der Waals surface area contributed by atoms with Crippen molar-refractivity contribution in [1.82, 2.24) is 9.47 Å². The Morgan fingerprint density at radius 1 is 1.59 bits per heavy atom. The fraction of sp³-hybridized carbons (Fsp3) is 0.615. The predicted molar refractivity (Wildman–Crippen MR) is 67.7 cm³/mol. The van der Waals surface area contributed by atoms with E-state index in [1.807, 2.05) is 41.8 Å². The second-order valence-electron chi connectivity index (χ2n) is 5.02. The molecule has 94 valence electrons. The van der Waals surface area contributed by atoms with Gasteiger partial charge in [0.1, 0.15) is 5.69 Å². The SMILES string of the molecule is C[C@@H](N)[C@H]1CCCN(C(=O)c2cccn2C)C1. The topological polar surface area (TPSA) is 51.3 Å². The molecule has 1 amide bonds. The molecule has 1 aliphatic heterocycles. The first-order chi connectivity index (χ1) is 8.09. The van der Waals surface area contributed by atoms with Crippen LogP contribution in [0.15, 0.2) is 18.3 Å². The molecule has 4 nitrogen and oxygen atoms in total. The van der Waals surface area contributed by atoms with E-state index < -0.39 is 0 Å². The maximum absolute atomic E-state index is 12.3. The molecule has 1 aromatic heterocycles. The third-order valence-electron chi connectivity index (χ3n) is 3.65. The fourth-order valence-electron chi connectivity index (χ4n) is 2.47. The molecule has 1 aromatic rings. The molecule has 1 aliphatic rings. The summed E-state index contributed by atoms with van der Waals surface area (Å²) in [7, 11) is 1.90. The third-order valence-corrected chi connectivity index (χ3v) is 3.65. The van der Waals surface area contributed by atoms with Gasteiger partial charge in [0.2, 0.25) is 0 Å². The number of carbonyl (C=O) groups is 1. The first-order valence-corrected chi connectivity index (χ1v) is 6.26. The lowest BCUT2D eigenvalue weighted by Gasteiger charge is -2.34. The van der Waals surface area contributed by atoms with Crippen LogP contribution in [0.4, 0.5) is 0 Å². The molecule has 0 aromatic carbocycles. The zero-order valence-electron chi connectivity index (χ0n) is 10.6. The first-order valence-electron chi connectivity index (χ1n) is 6.26. The Morgan fingerprint density at radius 3 is 2.94 bits per heavy atom. The average Bonchev–Trinajstić information content (AvgIpc) is 2.74. The van der Waals surface area contributed by atoms with Gasteiger partial charge in [0, 0.05) is 32.4 Å². The van der Waals surface area contributed by atoms with Crippen LogP contribution in [0.5, 0.6) is 0 Å². The minimum absolute atomic E-state index is 0.128. The number of rotatable bonds is 2. The molecule has 2 rings (SSSR count). The van der Waals surface area contributed by atoms with Gasteiger partial charge in [-0.05, 0) is 37.8 Å². The van der Waals surface area contributed by atoms with Crippen molar-refractivity contribution in [3.05, 3.63) is 24.0 Å². The quantitative estimate of drug-likeness (QED) is 0.838. The molecule has 17 heavy (non-hydrogen) atoms. The van der Waals surface area contributed by atoms with Crippen LogP contribution in [-0.2, 0) is 7.05 Å². The lowest BCUT2D eigenvalue weighted by Crippen LogP contribution is -2.45. The Hall–Kier alpha value is -1.29. The Bertz CT molecular complexity index is 397. The van der Waals surface area contributed by atoms with Crippen LogP contribution < -0.4 is 5.73 Å². The molecule has 2 heterocycles. The van der Waals surface area contributed by atoms with Crippen molar-refractivity contribution in [2.45, 2.75) is 25.8 Å². The number of likely N-dealkylation sites (tertiary alicyclic amines) is 1. The van der Waals surface area contributed by atoms with Crippen molar-refractivity contribution in [3.63, 3.8) is 0 Å². The van der Waals surface area contributed by atoms with Gasteiger partial charge in [0.25, 0.3) is 5.91 Å². The number of nitrogens with zero attached hydrogens (tertiary/aromatic N) is 2. The molecule has 0 aliphatic carbocycles. The monoisotopic (exact) mass is 235 g/mol. The van der Waals surface area contributed by atoms with E-state index in [2.05, 4.69) is 0 Å². The number of aromatic nitrogens is 1. The second-order valence-corrected chi connectivity index (χ2v) is 5.02. The van der Waals surface area contributed by atoms with Gasteiger partial charge in [-0.2, -0.15) is 0 Å². The van der Waals surface area contributed by atoms with Crippen LogP contribution in [0.3, 0.4) is 0 Å². The largest absolute Gasteiger partial charge is 0.347 e. The molecule has 0 radical (unpaired) electrons. The number of hydrogen-bond acceptors (Lipinski definition) is 2. The highest BCUT2D eigenvalue weighted by Crippen LogP contribution is 2.20. The summed E-state index contributed by atoms with van der Waals surface area (Å²) in [5.41, 5.74) is 6.69. The van der Waals surface area contributed by atoms with E-state index in [1.165, 1.54) is 0 Å². The maximum Gasteiger partial charge on any atom is 0.270 e. The van der Waals surface area contributed by atoms with E-state index in [0.717, 1.165) is 31.6 Å². The van der Waals surface area contributed by atoms with E-state index in [4.69, 9.17) is 5.73 Å². The summed E-state index contributed by atoms with van der Waals surface area (Å²) < 4.78 is 1.87. The van der Waals surface area contributed by atoms with Gasteiger partial charge in [-0.15, -0.1) is 0 Å². The molecular formula is C13H21N3O. The zero-order chi connectivity index (χ0) is 12.4. The van der Waals surface area contributed by atoms with Gasteiger partial charge in [0.05, 0.1) is 0 Å². The van der Waals surface area contributed by atoms with Crippen LogP contribution in [0.2, 0.25) is 0 Å². The molecule has 0 unspecified atom stereocenters. The van der Waals surface area contributed by atoms with E-state index >= 15 is 0 Å². The smallest absolute Gasteiger partial charge is 0.270 e. The lowest BCUT2D eigenvalue weighted by molar-refractivity contribution is 0.0651. The minimum Gasteiger partial charge on any atom is -0.347 e. The van der Waals surface area contributed by atoms with E-state index in [-0.39, 0.29) is 11.9 Å². The third kappa shape index (κ3) is 2.52. The van der Waals surface area contributed by atoms with E-state index in [0.29, 0.717) is 5.92 Å². The van der Waals surface area contributed by atoms with Gasteiger partial charge in [-0.3, -0.25) is 4.79 Å². The molecule has 1 fully saturated rings. The van der Waals surface area contributed by atoms with Crippen molar-refractivity contribution in [1.29, 1.82) is 0 Å². The summed E-state index contributed by atoms with van der Waals surface area (Å²) in [6, 6.07) is 3.94. The Balaban J connectivity index is 2.07. The predicted octanol–water partition coefficient (Wildman–Crippen LogP) is 1.22. The molecule has 1 saturated heterocycles. The van der Waals surface area contributed by atoms with Crippen molar-refractivity contribution in [3.8, 4) is 0 Å². The highest BCUT2D eigenvalue weighted by atomic mass is 16.2. The van der Waals surface area contributed by atoms with Gasteiger partial charge >= 0.3 is 0 Å². The molecule has 2 N–H and O–H groups in total. The molecule has 0 spiro atoms. The molecule has 0 bridgehead atoms. The lowest BCUT2D eigenvalue weighted by atomic mass is 9.92. The van der Waals surface area contributed by atoms with Crippen LogP contribution in [0, 0.1) is 5.92 Å². The molecule has 4 heteroatoms. The van der Waals surface area contributed by atoms with E-state index in [9.17, 15) is 4.79 Å². The van der Waals surface area contributed by atoms with Gasteiger partial charge in [0.15, 0.2) is 0 Å². The van der Waals surface area contributed by atoms with Crippen molar-refractivity contribution >= 4 is 5.91 Å². The average molecular weight is 235 g/mol. The van der Waals surface area contributed by atoms with Crippen LogP contribution in [0.1, 0.15) is 30.3 Å². The number of nitrogens with two attached hydrogens (primary N) is 1. The first kappa shape index (κ1) is 12.2. The number of aryl methyl sites for hydroxylation is 1. The molecule has 2 atom stereocenters. The summed E-state index contributed by atoms with van der Waals surface area (Å²) in [4.78, 5) is 14.3. The Labute approximate surface area is 102 Å². The van der Waals surface area contributed by atoms with Crippen molar-refractivity contribution in [2.75, 3.05) is 13.1 Å². The highest BCUT2D eigenvalue weighted by Gasteiger charge is 2.27. The number of amides is 1. The summed E-state index contributed by atoms with van der Waals surface area (Å²) in [6.07, 6.45) is 4.09. The fourth-order valence-corrected chi connectivity index (χ4v) is 2.47. The summed E-state index contributed by atoms with van der Waals surface area (Å²) >= 11 is 0. The van der Waals surface area contributed by atoms with Crippen LogP contribution in [0.25, 0.3) is 0 Å². The molecular weight excluding hydrogens is 214 g/mol. The summed E-state index contributed by atoms with van der Waals surface area (Å²) in [5.74, 6) is 0.566.